The molecule has 3 aromatic rings. The third kappa shape index (κ3) is 5.57. The van der Waals surface area contributed by atoms with Crippen molar-refractivity contribution in [3.8, 4) is 17.2 Å². The van der Waals surface area contributed by atoms with Crippen LogP contribution in [0.5, 0.6) is 17.2 Å². The molecule has 0 aliphatic heterocycles. The molecule has 2 aromatic carbocycles. The predicted octanol–water partition coefficient (Wildman–Crippen LogP) is 3.68. The van der Waals surface area contributed by atoms with Crippen molar-refractivity contribution in [3.63, 3.8) is 0 Å². The summed E-state index contributed by atoms with van der Waals surface area (Å²) in [6, 6.07) is 11.4. The van der Waals surface area contributed by atoms with Gasteiger partial charge in [-0.05, 0) is 50.2 Å². The lowest BCUT2D eigenvalue weighted by Crippen LogP contribution is -2.21. The molecule has 0 saturated heterocycles. The number of anilines is 1. The van der Waals surface area contributed by atoms with Crippen LogP contribution in [0.2, 0.25) is 0 Å². The van der Waals surface area contributed by atoms with Gasteiger partial charge >= 0.3 is 5.97 Å². The monoisotopic (exact) mass is 440 g/mol. The Labute approximate surface area is 185 Å². The standard InChI is InChI=1S/C23H24N2O7/c1-14-19(15(2)32-25-14)12-30-17-7-5-16(6-8-17)23(27)31-13-22(26)24-20-10-9-18(28-3)11-21(20)29-4/h5-11H,12-13H2,1-4H3,(H,24,26). The van der Waals surface area contributed by atoms with Gasteiger partial charge in [0.05, 0.1) is 36.7 Å². The van der Waals surface area contributed by atoms with Crippen molar-refractivity contribution in [3.05, 3.63) is 65.0 Å². The highest BCUT2D eigenvalue weighted by Gasteiger charge is 2.14. The molecule has 1 heterocycles. The number of hydrogen-bond donors (Lipinski definition) is 1. The Bertz CT molecular complexity index is 1070. The molecule has 0 radical (unpaired) electrons. The van der Waals surface area contributed by atoms with Gasteiger partial charge in [-0.15, -0.1) is 0 Å². The second kappa shape index (κ2) is 10.3. The van der Waals surface area contributed by atoms with Crippen molar-refractivity contribution in [1.29, 1.82) is 0 Å². The van der Waals surface area contributed by atoms with Gasteiger partial charge in [0.15, 0.2) is 6.61 Å². The lowest BCUT2D eigenvalue weighted by molar-refractivity contribution is -0.119. The van der Waals surface area contributed by atoms with Crippen LogP contribution in [-0.4, -0.2) is 37.9 Å². The van der Waals surface area contributed by atoms with Gasteiger partial charge in [0, 0.05) is 6.07 Å². The number of nitrogens with one attached hydrogen (secondary N) is 1. The molecular formula is C23H24N2O7. The fraction of sp³-hybridized carbons (Fsp3) is 0.261. The maximum atomic E-state index is 12.2. The van der Waals surface area contributed by atoms with E-state index in [4.69, 9.17) is 23.5 Å². The van der Waals surface area contributed by atoms with E-state index in [1.807, 2.05) is 13.8 Å². The lowest BCUT2D eigenvalue weighted by atomic mass is 10.2. The average Bonchev–Trinajstić information content (AvgIpc) is 3.13. The van der Waals surface area contributed by atoms with E-state index in [-0.39, 0.29) is 0 Å². The van der Waals surface area contributed by atoms with Crippen LogP contribution in [0.15, 0.2) is 47.0 Å². The number of benzene rings is 2. The van der Waals surface area contributed by atoms with E-state index >= 15 is 0 Å². The smallest absolute Gasteiger partial charge is 0.338 e. The van der Waals surface area contributed by atoms with E-state index in [9.17, 15) is 9.59 Å². The number of esters is 1. The highest BCUT2D eigenvalue weighted by molar-refractivity contribution is 5.96. The van der Waals surface area contributed by atoms with Gasteiger partial charge in [0.25, 0.3) is 5.91 Å². The summed E-state index contributed by atoms with van der Waals surface area (Å²) < 4.78 is 26.3. The van der Waals surface area contributed by atoms with Crippen molar-refractivity contribution in [2.24, 2.45) is 0 Å². The zero-order valence-electron chi connectivity index (χ0n) is 18.3. The summed E-state index contributed by atoms with van der Waals surface area (Å²) in [4.78, 5) is 24.4. The Morgan fingerprint density at radius 1 is 1.00 bits per heavy atom. The third-order valence-electron chi connectivity index (χ3n) is 4.67. The molecule has 1 N–H and O–H groups in total. The minimum Gasteiger partial charge on any atom is -0.497 e. The Morgan fingerprint density at radius 3 is 2.34 bits per heavy atom. The number of carbonyl (C=O) groups is 2. The molecule has 0 bridgehead atoms. The Kier molecular flexibility index (Phi) is 7.33. The van der Waals surface area contributed by atoms with E-state index < -0.39 is 18.5 Å². The number of aryl methyl sites for hydroxylation is 2. The van der Waals surface area contributed by atoms with Crippen LogP contribution in [0.1, 0.15) is 27.4 Å². The number of amides is 1. The number of hydrogen-bond acceptors (Lipinski definition) is 8. The molecule has 0 spiro atoms. The number of ether oxygens (including phenoxy) is 4. The molecule has 0 atom stereocenters. The summed E-state index contributed by atoms with van der Waals surface area (Å²) in [7, 11) is 3.01. The summed E-state index contributed by atoms with van der Waals surface area (Å²) in [5.41, 5.74) is 2.39. The molecular weight excluding hydrogens is 416 g/mol. The molecule has 9 heteroatoms. The van der Waals surface area contributed by atoms with Gasteiger partial charge < -0.3 is 28.8 Å². The quantitative estimate of drug-likeness (QED) is 0.502. The topological polar surface area (TPSA) is 109 Å². The van der Waals surface area contributed by atoms with E-state index in [2.05, 4.69) is 10.5 Å². The fourth-order valence-corrected chi connectivity index (χ4v) is 2.85. The van der Waals surface area contributed by atoms with Crippen molar-refractivity contribution in [2.45, 2.75) is 20.5 Å². The van der Waals surface area contributed by atoms with Crippen LogP contribution in [0.3, 0.4) is 0 Å². The van der Waals surface area contributed by atoms with E-state index in [0.29, 0.717) is 40.9 Å². The SMILES string of the molecule is COc1ccc(NC(=O)COC(=O)c2ccc(OCc3c(C)noc3C)cc2)c(OC)c1. The van der Waals surface area contributed by atoms with Gasteiger partial charge in [0.1, 0.15) is 29.6 Å². The number of carbonyl (C=O) groups excluding carboxylic acids is 2. The number of methoxy groups -OCH3 is 2. The molecule has 32 heavy (non-hydrogen) atoms. The Morgan fingerprint density at radius 2 is 1.72 bits per heavy atom. The minimum absolute atomic E-state index is 0.296. The van der Waals surface area contributed by atoms with Gasteiger partial charge in [-0.3, -0.25) is 4.79 Å². The van der Waals surface area contributed by atoms with E-state index in [0.717, 1.165) is 11.3 Å². The van der Waals surface area contributed by atoms with Crippen LogP contribution in [0.4, 0.5) is 5.69 Å². The van der Waals surface area contributed by atoms with Gasteiger partial charge in [-0.1, -0.05) is 5.16 Å². The molecule has 0 saturated carbocycles. The predicted molar refractivity (Wildman–Crippen MR) is 115 cm³/mol. The highest BCUT2D eigenvalue weighted by Crippen LogP contribution is 2.29. The van der Waals surface area contributed by atoms with E-state index in [1.54, 1.807) is 42.5 Å². The Hall–Kier alpha value is -4.01. The maximum Gasteiger partial charge on any atom is 0.338 e. The summed E-state index contributed by atoms with van der Waals surface area (Å²) in [6.45, 7) is 3.52. The van der Waals surface area contributed by atoms with Crippen LogP contribution in [-0.2, 0) is 16.1 Å². The van der Waals surface area contributed by atoms with Gasteiger partial charge in [-0.25, -0.2) is 4.79 Å². The van der Waals surface area contributed by atoms with E-state index in [1.165, 1.54) is 14.2 Å². The largest absolute Gasteiger partial charge is 0.497 e. The van der Waals surface area contributed by atoms with Crippen LogP contribution in [0, 0.1) is 13.8 Å². The lowest BCUT2D eigenvalue weighted by Gasteiger charge is -2.12. The minimum atomic E-state index is -0.626. The average molecular weight is 440 g/mol. The van der Waals surface area contributed by atoms with Crippen LogP contribution < -0.4 is 19.5 Å². The van der Waals surface area contributed by atoms with Crippen LogP contribution in [0.25, 0.3) is 0 Å². The summed E-state index contributed by atoms with van der Waals surface area (Å²) in [5.74, 6) is 1.17. The summed E-state index contributed by atoms with van der Waals surface area (Å²) in [6.07, 6.45) is 0. The molecule has 1 amide bonds. The molecule has 0 aliphatic rings. The number of rotatable bonds is 9. The molecule has 0 aliphatic carbocycles. The molecule has 3 rings (SSSR count). The zero-order valence-corrected chi connectivity index (χ0v) is 18.3. The third-order valence-corrected chi connectivity index (χ3v) is 4.67. The normalized spacial score (nSPS) is 10.4. The van der Waals surface area contributed by atoms with Gasteiger partial charge in [0.2, 0.25) is 0 Å². The first kappa shape index (κ1) is 22.7. The molecule has 9 nitrogen and oxygen atoms in total. The second-order valence-corrected chi connectivity index (χ2v) is 6.81. The van der Waals surface area contributed by atoms with Crippen molar-refractivity contribution >= 4 is 17.6 Å². The summed E-state index contributed by atoms with van der Waals surface area (Å²) in [5, 5.41) is 6.52. The first-order valence-electron chi connectivity index (χ1n) is 9.75. The van der Waals surface area contributed by atoms with Crippen LogP contribution >= 0.6 is 0 Å². The fourth-order valence-electron chi connectivity index (χ4n) is 2.85. The number of aromatic nitrogens is 1. The van der Waals surface area contributed by atoms with Crippen molar-refractivity contribution < 1.29 is 33.1 Å². The van der Waals surface area contributed by atoms with Crippen molar-refractivity contribution in [2.75, 3.05) is 26.1 Å². The first-order valence-corrected chi connectivity index (χ1v) is 9.75. The van der Waals surface area contributed by atoms with Crippen molar-refractivity contribution in [1.82, 2.24) is 5.16 Å². The number of nitrogens with zero attached hydrogens (tertiary/aromatic N) is 1. The maximum absolute atomic E-state index is 12.2. The molecule has 0 fully saturated rings. The van der Waals surface area contributed by atoms with Gasteiger partial charge in [-0.2, -0.15) is 0 Å². The highest BCUT2D eigenvalue weighted by atomic mass is 16.5. The zero-order chi connectivity index (χ0) is 23.1. The second-order valence-electron chi connectivity index (χ2n) is 6.81. The molecule has 1 aromatic heterocycles. The first-order chi connectivity index (χ1) is 15.4. The molecule has 0 unspecified atom stereocenters. The Balaban J connectivity index is 1.51. The molecule has 168 valence electrons. The summed E-state index contributed by atoms with van der Waals surface area (Å²) >= 11 is 0.